The van der Waals surface area contributed by atoms with Crippen molar-refractivity contribution in [3.63, 3.8) is 0 Å². The van der Waals surface area contributed by atoms with E-state index >= 15 is 0 Å². The number of aliphatic imine (C=N–C) groups is 1. The molecule has 0 aromatic carbocycles. The molecule has 0 aromatic heterocycles. The lowest BCUT2D eigenvalue weighted by Gasteiger charge is -2.25. The van der Waals surface area contributed by atoms with Crippen molar-refractivity contribution in [3.8, 4) is 0 Å². The van der Waals surface area contributed by atoms with Crippen LogP contribution in [0.3, 0.4) is 0 Å². The van der Waals surface area contributed by atoms with Crippen molar-refractivity contribution in [3.05, 3.63) is 0 Å². The van der Waals surface area contributed by atoms with Gasteiger partial charge >= 0.3 is 5.97 Å². The molecule has 14 heteroatoms. The molecule has 0 aliphatic carbocycles. The van der Waals surface area contributed by atoms with Crippen molar-refractivity contribution in [1.29, 1.82) is 0 Å². The minimum atomic E-state index is -1.25. The molecule has 0 bridgehead atoms. The molecule has 1 saturated heterocycles. The smallest absolute Gasteiger partial charge is 0.327 e. The zero-order valence-corrected chi connectivity index (χ0v) is 20.2. The van der Waals surface area contributed by atoms with Crippen LogP contribution in [0.1, 0.15) is 44.9 Å². The fraction of sp³-hybridized carbons (Fsp3) is 0.750. The second-order valence-electron chi connectivity index (χ2n) is 8.09. The van der Waals surface area contributed by atoms with Gasteiger partial charge in [-0.3, -0.25) is 19.4 Å². The van der Waals surface area contributed by atoms with Gasteiger partial charge < -0.3 is 43.6 Å². The van der Waals surface area contributed by atoms with Gasteiger partial charge in [0.2, 0.25) is 17.7 Å². The molecule has 1 aliphatic rings. The SMILES string of the molecule is NCCCCC(NC(=O)C1CCCN1)C(=O)NC(CCCN=C(N)N)C(=O)NC(CS)C(=O)O. The Kier molecular flexibility index (Phi) is 14.0. The lowest BCUT2D eigenvalue weighted by molar-refractivity contribution is -0.141. The van der Waals surface area contributed by atoms with E-state index in [1.807, 2.05) is 0 Å². The van der Waals surface area contributed by atoms with Crippen LogP contribution < -0.4 is 38.5 Å². The fourth-order valence-electron chi connectivity index (χ4n) is 3.44. The molecule has 0 radical (unpaired) electrons. The fourth-order valence-corrected chi connectivity index (χ4v) is 3.69. The van der Waals surface area contributed by atoms with E-state index in [1.54, 1.807) is 0 Å². The normalized spacial score (nSPS) is 17.8. The Hall–Kier alpha value is -2.58. The van der Waals surface area contributed by atoms with Crippen LogP contribution in [-0.4, -0.2) is 84.3 Å². The number of carboxylic acid groups (broad SMARTS) is 1. The summed E-state index contributed by atoms with van der Waals surface area (Å²) in [6.45, 7) is 1.40. The van der Waals surface area contributed by atoms with Crippen LogP contribution in [0.5, 0.6) is 0 Å². The Morgan fingerprint density at radius 2 is 1.62 bits per heavy atom. The highest BCUT2D eigenvalue weighted by atomic mass is 32.1. The van der Waals surface area contributed by atoms with Gasteiger partial charge in [0.1, 0.15) is 18.1 Å². The third-order valence-electron chi connectivity index (χ3n) is 5.33. The summed E-state index contributed by atoms with van der Waals surface area (Å²) >= 11 is 3.94. The van der Waals surface area contributed by atoms with Crippen LogP contribution in [0.4, 0.5) is 0 Å². The van der Waals surface area contributed by atoms with Gasteiger partial charge in [0.15, 0.2) is 5.96 Å². The highest BCUT2D eigenvalue weighted by Crippen LogP contribution is 2.08. The van der Waals surface area contributed by atoms with E-state index in [1.165, 1.54) is 0 Å². The minimum absolute atomic E-state index is 0.103. The third kappa shape index (κ3) is 11.0. The molecule has 1 fully saturated rings. The summed E-state index contributed by atoms with van der Waals surface area (Å²) in [5.74, 6) is -2.96. The maximum Gasteiger partial charge on any atom is 0.327 e. The van der Waals surface area contributed by atoms with Gasteiger partial charge in [-0.15, -0.1) is 0 Å². The Morgan fingerprint density at radius 1 is 1.00 bits per heavy atom. The molecule has 13 nitrogen and oxygen atoms in total. The molecular weight excluding hydrogens is 464 g/mol. The number of hydrogen-bond donors (Lipinski definition) is 9. The maximum atomic E-state index is 13.1. The van der Waals surface area contributed by atoms with Gasteiger partial charge in [0.05, 0.1) is 6.04 Å². The zero-order chi connectivity index (χ0) is 25.5. The number of carbonyl (C=O) groups excluding carboxylic acids is 3. The number of carbonyl (C=O) groups is 4. The first kappa shape index (κ1) is 29.5. The Labute approximate surface area is 204 Å². The van der Waals surface area contributed by atoms with Crippen molar-refractivity contribution in [2.75, 3.05) is 25.4 Å². The van der Waals surface area contributed by atoms with Gasteiger partial charge in [-0.05, 0) is 58.0 Å². The first-order valence-corrected chi connectivity index (χ1v) is 12.1. The largest absolute Gasteiger partial charge is 0.480 e. The predicted octanol–water partition coefficient (Wildman–Crippen LogP) is -2.61. The summed E-state index contributed by atoms with van der Waals surface area (Å²) in [4.78, 5) is 53.6. The van der Waals surface area contributed by atoms with Crippen LogP contribution in [0, 0.1) is 0 Å². The molecule has 11 N–H and O–H groups in total. The first-order chi connectivity index (χ1) is 16.2. The van der Waals surface area contributed by atoms with E-state index in [0.717, 1.165) is 13.0 Å². The number of unbranched alkanes of at least 4 members (excludes halogenated alkanes) is 1. The van der Waals surface area contributed by atoms with Crippen molar-refractivity contribution >= 4 is 42.3 Å². The van der Waals surface area contributed by atoms with E-state index in [-0.39, 0.29) is 36.6 Å². The van der Waals surface area contributed by atoms with Crippen LogP contribution in [0.2, 0.25) is 0 Å². The summed E-state index contributed by atoms with van der Waals surface area (Å²) in [5.41, 5.74) is 16.2. The summed E-state index contributed by atoms with van der Waals surface area (Å²) in [5, 5.41) is 20.1. The van der Waals surface area contributed by atoms with Gasteiger partial charge in [-0.25, -0.2) is 4.79 Å². The number of amides is 3. The number of aliphatic carboxylic acids is 1. The van der Waals surface area contributed by atoms with Crippen molar-refractivity contribution in [2.24, 2.45) is 22.2 Å². The zero-order valence-electron chi connectivity index (χ0n) is 19.3. The van der Waals surface area contributed by atoms with Gasteiger partial charge in [0.25, 0.3) is 0 Å². The third-order valence-corrected chi connectivity index (χ3v) is 5.70. The van der Waals surface area contributed by atoms with E-state index < -0.39 is 35.9 Å². The quantitative estimate of drug-likeness (QED) is 0.0465. The molecule has 1 heterocycles. The predicted molar refractivity (Wildman–Crippen MR) is 131 cm³/mol. The Bertz CT molecular complexity index is 713. The molecule has 0 aromatic rings. The van der Waals surface area contributed by atoms with Crippen LogP contribution in [0.15, 0.2) is 4.99 Å². The van der Waals surface area contributed by atoms with Crippen LogP contribution >= 0.6 is 12.6 Å². The molecule has 1 rings (SSSR count). The van der Waals surface area contributed by atoms with Gasteiger partial charge in [0, 0.05) is 12.3 Å². The van der Waals surface area contributed by atoms with Crippen molar-refractivity contribution in [1.82, 2.24) is 21.3 Å². The molecular formula is C20H38N8O5S. The Morgan fingerprint density at radius 3 is 2.15 bits per heavy atom. The topological polar surface area (TPSA) is 227 Å². The molecule has 4 unspecified atom stereocenters. The lowest BCUT2D eigenvalue weighted by atomic mass is 10.1. The van der Waals surface area contributed by atoms with E-state index in [4.69, 9.17) is 17.2 Å². The molecule has 0 spiro atoms. The maximum absolute atomic E-state index is 13.1. The molecule has 194 valence electrons. The summed E-state index contributed by atoms with van der Waals surface area (Å²) in [6, 6.07) is -3.51. The summed E-state index contributed by atoms with van der Waals surface area (Å²) in [6.07, 6.45) is 3.68. The standard InChI is InChI=1S/C20H38N8O5S/c21-8-2-1-5-13(26-16(29)12-6-3-9-24-12)17(30)27-14(7-4-10-25-20(22)23)18(31)28-15(11-34)19(32)33/h12-15,24,34H,1-11,21H2,(H,26,29)(H,27,30)(H,28,31)(H,32,33)(H4,22,23,25). The lowest BCUT2D eigenvalue weighted by Crippen LogP contribution is -2.57. The highest BCUT2D eigenvalue weighted by molar-refractivity contribution is 7.80. The molecule has 0 saturated carbocycles. The molecule has 1 aliphatic heterocycles. The second kappa shape index (κ2) is 16.1. The summed E-state index contributed by atoms with van der Waals surface area (Å²) in [7, 11) is 0. The van der Waals surface area contributed by atoms with Crippen LogP contribution in [-0.2, 0) is 19.2 Å². The second-order valence-corrected chi connectivity index (χ2v) is 8.45. The van der Waals surface area contributed by atoms with Crippen molar-refractivity contribution in [2.45, 2.75) is 69.1 Å². The van der Waals surface area contributed by atoms with Crippen molar-refractivity contribution < 1.29 is 24.3 Å². The number of carboxylic acids is 1. The number of nitrogens with zero attached hydrogens (tertiary/aromatic N) is 1. The number of thiol groups is 1. The van der Waals surface area contributed by atoms with E-state index in [9.17, 15) is 24.3 Å². The van der Waals surface area contributed by atoms with Gasteiger partial charge in [-0.2, -0.15) is 12.6 Å². The average molecular weight is 503 g/mol. The van der Waals surface area contributed by atoms with Gasteiger partial charge in [-0.1, -0.05) is 0 Å². The Balaban J connectivity index is 2.91. The highest BCUT2D eigenvalue weighted by Gasteiger charge is 2.30. The number of rotatable bonds is 16. The number of nitrogens with one attached hydrogen (secondary N) is 4. The minimum Gasteiger partial charge on any atom is -0.480 e. The number of guanidine groups is 1. The summed E-state index contributed by atoms with van der Waals surface area (Å²) < 4.78 is 0. The monoisotopic (exact) mass is 502 g/mol. The number of hydrogen-bond acceptors (Lipinski definition) is 8. The molecule has 4 atom stereocenters. The average Bonchev–Trinajstić information content (AvgIpc) is 3.33. The molecule has 3 amide bonds. The first-order valence-electron chi connectivity index (χ1n) is 11.4. The van der Waals surface area contributed by atoms with E-state index in [2.05, 4.69) is 38.9 Å². The van der Waals surface area contributed by atoms with E-state index in [0.29, 0.717) is 38.6 Å². The molecule has 34 heavy (non-hydrogen) atoms. The van der Waals surface area contributed by atoms with Crippen LogP contribution in [0.25, 0.3) is 0 Å². The number of nitrogens with two attached hydrogens (primary N) is 3.